The highest BCUT2D eigenvalue weighted by Crippen LogP contribution is 2.23. The van der Waals surface area contributed by atoms with Gasteiger partial charge in [-0.25, -0.2) is 8.42 Å². The molecule has 0 fully saturated rings. The van der Waals surface area contributed by atoms with Crippen LogP contribution in [0.5, 0.6) is 0 Å². The number of sulfonamides is 1. The quantitative estimate of drug-likeness (QED) is 0.612. The molecular formula is C24H26N2O3S. The Bertz CT molecular complexity index is 1110. The molecule has 0 aliphatic rings. The molecule has 3 aromatic rings. The van der Waals surface area contributed by atoms with Crippen LogP contribution >= 0.6 is 0 Å². The summed E-state index contributed by atoms with van der Waals surface area (Å²) in [6.07, 6.45) is 1.19. The predicted octanol–water partition coefficient (Wildman–Crippen LogP) is 4.45. The van der Waals surface area contributed by atoms with E-state index in [0.717, 1.165) is 16.7 Å². The smallest absolute Gasteiger partial charge is 0.251 e. The third-order valence-corrected chi connectivity index (χ3v) is 6.18. The van der Waals surface area contributed by atoms with Gasteiger partial charge in [-0.05, 0) is 54.8 Å². The molecule has 1 N–H and O–H groups in total. The van der Waals surface area contributed by atoms with Crippen molar-refractivity contribution in [2.75, 3.05) is 10.6 Å². The van der Waals surface area contributed by atoms with Gasteiger partial charge in [-0.2, -0.15) is 0 Å². The number of carbonyl (C=O) groups is 1. The van der Waals surface area contributed by atoms with Crippen LogP contribution in [-0.4, -0.2) is 20.6 Å². The van der Waals surface area contributed by atoms with Crippen molar-refractivity contribution in [3.05, 3.63) is 101 Å². The lowest BCUT2D eigenvalue weighted by molar-refractivity contribution is 0.0940. The lowest BCUT2D eigenvalue weighted by atomic mass is 10.1. The SMILES string of the molecule is Cc1ccccc1CN(c1ccc(C(=O)N[C@@H](C)c2ccccc2)cc1)S(C)(=O)=O. The number of benzene rings is 3. The fourth-order valence-electron chi connectivity index (χ4n) is 3.23. The van der Waals surface area contributed by atoms with Crippen molar-refractivity contribution in [3.63, 3.8) is 0 Å². The molecule has 0 aliphatic carbocycles. The number of nitrogens with zero attached hydrogens (tertiary/aromatic N) is 1. The van der Waals surface area contributed by atoms with Crippen LogP contribution in [0.1, 0.15) is 40.0 Å². The van der Waals surface area contributed by atoms with Crippen LogP contribution in [0.25, 0.3) is 0 Å². The molecule has 0 radical (unpaired) electrons. The highest BCUT2D eigenvalue weighted by Gasteiger charge is 2.19. The van der Waals surface area contributed by atoms with Crippen molar-refractivity contribution in [1.82, 2.24) is 5.32 Å². The Morgan fingerprint density at radius 1 is 0.933 bits per heavy atom. The Hall–Kier alpha value is -3.12. The fraction of sp³-hybridized carbons (Fsp3) is 0.208. The maximum atomic E-state index is 12.6. The second-order valence-corrected chi connectivity index (χ2v) is 9.26. The maximum Gasteiger partial charge on any atom is 0.251 e. The van der Waals surface area contributed by atoms with Crippen molar-refractivity contribution in [2.24, 2.45) is 0 Å². The number of hydrogen-bond acceptors (Lipinski definition) is 3. The molecule has 1 atom stereocenters. The molecule has 0 spiro atoms. The topological polar surface area (TPSA) is 66.5 Å². The van der Waals surface area contributed by atoms with Crippen LogP contribution in [0.3, 0.4) is 0 Å². The Kier molecular flexibility index (Phi) is 6.57. The summed E-state index contributed by atoms with van der Waals surface area (Å²) >= 11 is 0. The van der Waals surface area contributed by atoms with E-state index < -0.39 is 10.0 Å². The molecule has 6 heteroatoms. The molecule has 156 valence electrons. The van der Waals surface area contributed by atoms with Gasteiger partial charge in [0.1, 0.15) is 0 Å². The van der Waals surface area contributed by atoms with Crippen LogP contribution in [-0.2, 0) is 16.6 Å². The van der Waals surface area contributed by atoms with E-state index in [2.05, 4.69) is 5.32 Å². The molecule has 0 aromatic heterocycles. The first kappa shape index (κ1) is 21.6. The maximum absolute atomic E-state index is 12.6. The normalized spacial score (nSPS) is 12.2. The average molecular weight is 423 g/mol. The average Bonchev–Trinajstić information content (AvgIpc) is 2.73. The van der Waals surface area contributed by atoms with Crippen molar-refractivity contribution in [3.8, 4) is 0 Å². The second-order valence-electron chi connectivity index (χ2n) is 7.35. The molecule has 3 rings (SSSR count). The van der Waals surface area contributed by atoms with Crippen molar-refractivity contribution in [1.29, 1.82) is 0 Å². The van der Waals surface area contributed by atoms with Gasteiger partial charge >= 0.3 is 0 Å². The van der Waals surface area contributed by atoms with Crippen molar-refractivity contribution >= 4 is 21.6 Å². The minimum atomic E-state index is -3.49. The first-order chi connectivity index (χ1) is 14.3. The zero-order chi connectivity index (χ0) is 21.7. The van der Waals surface area contributed by atoms with Gasteiger partial charge in [0.25, 0.3) is 5.91 Å². The summed E-state index contributed by atoms with van der Waals surface area (Å²) in [4.78, 5) is 12.6. The second kappa shape index (κ2) is 9.13. The van der Waals surface area contributed by atoms with Gasteiger partial charge in [0.05, 0.1) is 24.5 Å². The van der Waals surface area contributed by atoms with E-state index in [1.54, 1.807) is 24.3 Å². The van der Waals surface area contributed by atoms with Gasteiger partial charge in [-0.1, -0.05) is 54.6 Å². The van der Waals surface area contributed by atoms with Gasteiger partial charge in [0.2, 0.25) is 10.0 Å². The van der Waals surface area contributed by atoms with E-state index in [9.17, 15) is 13.2 Å². The van der Waals surface area contributed by atoms with Crippen molar-refractivity contribution < 1.29 is 13.2 Å². The lowest BCUT2D eigenvalue weighted by Crippen LogP contribution is -2.30. The highest BCUT2D eigenvalue weighted by molar-refractivity contribution is 7.92. The standard InChI is InChI=1S/C24H26N2O3S/c1-18-9-7-8-12-22(18)17-26(30(3,28)29)23-15-13-21(14-16-23)24(27)25-19(2)20-10-5-4-6-11-20/h4-16,19H,17H2,1-3H3,(H,25,27)/t19-/m0/s1. The van der Waals surface area contributed by atoms with Gasteiger partial charge in [-0.3, -0.25) is 9.10 Å². The van der Waals surface area contributed by atoms with E-state index >= 15 is 0 Å². The Morgan fingerprint density at radius 3 is 2.13 bits per heavy atom. The molecule has 0 saturated heterocycles. The third kappa shape index (κ3) is 5.27. The van der Waals surface area contributed by atoms with Crippen LogP contribution in [0, 0.1) is 6.92 Å². The van der Waals surface area contributed by atoms with Crippen molar-refractivity contribution in [2.45, 2.75) is 26.4 Å². The minimum Gasteiger partial charge on any atom is -0.346 e. The molecule has 0 saturated carbocycles. The number of amides is 1. The first-order valence-electron chi connectivity index (χ1n) is 9.74. The van der Waals surface area contributed by atoms with Crippen LogP contribution < -0.4 is 9.62 Å². The highest BCUT2D eigenvalue weighted by atomic mass is 32.2. The van der Waals surface area contributed by atoms with E-state index in [1.165, 1.54) is 10.6 Å². The zero-order valence-electron chi connectivity index (χ0n) is 17.4. The number of anilines is 1. The molecule has 0 heterocycles. The lowest BCUT2D eigenvalue weighted by Gasteiger charge is -2.23. The number of aryl methyl sites for hydroxylation is 1. The fourth-order valence-corrected chi connectivity index (χ4v) is 4.10. The summed E-state index contributed by atoms with van der Waals surface area (Å²) in [7, 11) is -3.49. The predicted molar refractivity (Wildman–Crippen MR) is 121 cm³/mol. The van der Waals surface area contributed by atoms with E-state index in [1.807, 2.05) is 68.4 Å². The molecule has 5 nitrogen and oxygen atoms in total. The molecule has 0 aliphatic heterocycles. The molecule has 0 bridgehead atoms. The van der Waals surface area contributed by atoms with Gasteiger partial charge in [0.15, 0.2) is 0 Å². The van der Waals surface area contributed by atoms with E-state index in [4.69, 9.17) is 0 Å². The summed E-state index contributed by atoms with van der Waals surface area (Å²) in [6.45, 7) is 4.12. The van der Waals surface area contributed by atoms with E-state index in [-0.39, 0.29) is 18.5 Å². The summed E-state index contributed by atoms with van der Waals surface area (Å²) in [5.74, 6) is -0.206. The summed E-state index contributed by atoms with van der Waals surface area (Å²) in [6, 6.07) is 23.9. The van der Waals surface area contributed by atoms with Gasteiger partial charge < -0.3 is 5.32 Å². The summed E-state index contributed by atoms with van der Waals surface area (Å²) in [5.41, 5.74) is 3.97. The Morgan fingerprint density at radius 2 is 1.53 bits per heavy atom. The summed E-state index contributed by atoms with van der Waals surface area (Å²) < 4.78 is 26.2. The number of rotatable bonds is 7. The van der Waals surface area contributed by atoms with E-state index in [0.29, 0.717) is 11.3 Å². The number of nitrogens with one attached hydrogen (secondary N) is 1. The monoisotopic (exact) mass is 422 g/mol. The van der Waals surface area contributed by atoms with Gasteiger partial charge in [0, 0.05) is 5.56 Å². The van der Waals surface area contributed by atoms with Crippen LogP contribution in [0.2, 0.25) is 0 Å². The minimum absolute atomic E-state index is 0.132. The first-order valence-corrected chi connectivity index (χ1v) is 11.6. The Balaban J connectivity index is 1.78. The van der Waals surface area contributed by atoms with Gasteiger partial charge in [-0.15, -0.1) is 0 Å². The number of hydrogen-bond donors (Lipinski definition) is 1. The summed E-state index contributed by atoms with van der Waals surface area (Å²) in [5, 5.41) is 2.97. The Labute approximate surface area is 178 Å². The third-order valence-electron chi connectivity index (χ3n) is 5.04. The molecular weight excluding hydrogens is 396 g/mol. The zero-order valence-corrected chi connectivity index (χ0v) is 18.2. The number of carbonyl (C=O) groups excluding carboxylic acids is 1. The molecule has 1 amide bonds. The molecule has 3 aromatic carbocycles. The molecule has 30 heavy (non-hydrogen) atoms. The van der Waals surface area contributed by atoms with Crippen LogP contribution in [0.4, 0.5) is 5.69 Å². The molecule has 0 unspecified atom stereocenters. The largest absolute Gasteiger partial charge is 0.346 e. The van der Waals surface area contributed by atoms with Crippen LogP contribution in [0.15, 0.2) is 78.9 Å².